The average molecular weight is 518 g/mol. The van der Waals surface area contributed by atoms with Crippen LogP contribution in [-0.4, -0.2) is 74.8 Å². The monoisotopic (exact) mass is 518 g/mol. The maximum atomic E-state index is 12.0. The lowest BCUT2D eigenvalue weighted by atomic mass is 9.98. The number of rotatable bonds is 5. The van der Waals surface area contributed by atoms with E-state index in [1.54, 1.807) is 26.1 Å². The first-order valence-electron chi connectivity index (χ1n) is 9.77. The summed E-state index contributed by atoms with van der Waals surface area (Å²) < 4.78 is 10.6. The van der Waals surface area contributed by atoms with Crippen molar-refractivity contribution < 1.29 is 14.3 Å². The number of halogens is 1. The fourth-order valence-corrected chi connectivity index (χ4v) is 3.20. The van der Waals surface area contributed by atoms with Gasteiger partial charge in [-0.05, 0) is 44.9 Å². The van der Waals surface area contributed by atoms with Crippen LogP contribution in [0.15, 0.2) is 29.3 Å². The van der Waals surface area contributed by atoms with E-state index in [2.05, 4.69) is 27.3 Å². The van der Waals surface area contributed by atoms with Crippen molar-refractivity contribution in [1.29, 1.82) is 0 Å². The first-order chi connectivity index (χ1) is 13.2. The Morgan fingerprint density at radius 1 is 1.31 bits per heavy atom. The number of hydrogen-bond donors (Lipinski definition) is 1. The second-order valence-corrected chi connectivity index (χ2v) is 8.08. The van der Waals surface area contributed by atoms with Crippen LogP contribution < -0.4 is 10.1 Å². The number of nitrogens with one attached hydrogen (secondary N) is 1. The predicted molar refractivity (Wildman–Crippen MR) is 128 cm³/mol. The average Bonchev–Trinajstić information content (AvgIpc) is 3.13. The maximum absolute atomic E-state index is 12.0. The Morgan fingerprint density at radius 3 is 2.52 bits per heavy atom. The molecule has 1 amide bonds. The van der Waals surface area contributed by atoms with Crippen molar-refractivity contribution in [2.24, 2.45) is 4.99 Å². The molecule has 1 fully saturated rings. The summed E-state index contributed by atoms with van der Waals surface area (Å²) in [6, 6.07) is 8.30. The van der Waals surface area contributed by atoms with E-state index in [9.17, 15) is 4.79 Å². The summed E-state index contributed by atoms with van der Waals surface area (Å²) in [5, 5.41) is 3.36. The van der Waals surface area contributed by atoms with E-state index >= 15 is 0 Å². The van der Waals surface area contributed by atoms with Crippen molar-refractivity contribution in [3.05, 3.63) is 29.8 Å². The molecule has 0 aromatic heterocycles. The molecule has 1 aliphatic heterocycles. The van der Waals surface area contributed by atoms with Crippen molar-refractivity contribution in [3.63, 3.8) is 0 Å². The number of methoxy groups -OCH3 is 1. The summed E-state index contributed by atoms with van der Waals surface area (Å²) in [4.78, 5) is 20.3. The van der Waals surface area contributed by atoms with Gasteiger partial charge in [0, 0.05) is 46.2 Å². The number of benzene rings is 1. The Bertz CT molecular complexity index is 673. The molecular formula is C21H35IN4O3. The third kappa shape index (κ3) is 7.91. The van der Waals surface area contributed by atoms with Crippen LogP contribution in [-0.2, 0) is 4.74 Å². The van der Waals surface area contributed by atoms with Crippen LogP contribution in [0.25, 0.3) is 0 Å². The highest BCUT2D eigenvalue weighted by atomic mass is 127. The van der Waals surface area contributed by atoms with Crippen molar-refractivity contribution >= 4 is 36.0 Å². The van der Waals surface area contributed by atoms with Crippen molar-refractivity contribution in [2.45, 2.75) is 38.7 Å². The van der Waals surface area contributed by atoms with E-state index in [4.69, 9.17) is 9.47 Å². The normalized spacial score (nSPS) is 16.8. The number of nitrogens with zero attached hydrogens (tertiary/aromatic N) is 3. The lowest BCUT2D eigenvalue weighted by Gasteiger charge is -2.26. The zero-order chi connectivity index (χ0) is 20.7. The van der Waals surface area contributed by atoms with Crippen molar-refractivity contribution in [1.82, 2.24) is 15.1 Å². The van der Waals surface area contributed by atoms with Crippen LogP contribution in [0.1, 0.15) is 38.7 Å². The molecule has 7 nitrogen and oxygen atoms in total. The number of likely N-dealkylation sites (tertiary alicyclic amines) is 1. The molecular weight excluding hydrogens is 483 g/mol. The molecule has 0 radical (unpaired) electrons. The Hall–Kier alpha value is -1.71. The molecule has 1 unspecified atom stereocenters. The van der Waals surface area contributed by atoms with Crippen LogP contribution in [0.3, 0.4) is 0 Å². The summed E-state index contributed by atoms with van der Waals surface area (Å²) in [7, 11) is 5.22. The molecule has 1 saturated heterocycles. The highest BCUT2D eigenvalue weighted by Crippen LogP contribution is 2.28. The smallest absolute Gasteiger partial charge is 0.410 e. The Balaban J connectivity index is 0.00000420. The van der Waals surface area contributed by atoms with E-state index in [0.29, 0.717) is 19.0 Å². The number of ether oxygens (including phenoxy) is 2. The minimum atomic E-state index is -0.485. The number of carbonyl (C=O) groups excluding carboxylic acids is 1. The summed E-state index contributed by atoms with van der Waals surface area (Å²) in [6.45, 7) is 8.64. The molecule has 0 aliphatic carbocycles. The van der Waals surface area contributed by atoms with Gasteiger partial charge in [-0.15, -0.1) is 24.0 Å². The molecule has 1 aliphatic rings. The number of amides is 1. The third-order valence-corrected chi connectivity index (χ3v) is 4.72. The van der Waals surface area contributed by atoms with Gasteiger partial charge in [-0.3, -0.25) is 4.99 Å². The van der Waals surface area contributed by atoms with E-state index in [1.165, 1.54) is 5.56 Å². The Morgan fingerprint density at radius 2 is 1.97 bits per heavy atom. The predicted octanol–water partition coefficient (Wildman–Crippen LogP) is 3.54. The van der Waals surface area contributed by atoms with Crippen molar-refractivity contribution in [3.8, 4) is 5.75 Å². The summed E-state index contributed by atoms with van der Waals surface area (Å²) in [5.41, 5.74) is 0.837. The lowest BCUT2D eigenvalue weighted by molar-refractivity contribution is 0.0302. The summed E-state index contributed by atoms with van der Waals surface area (Å²) in [6.07, 6.45) is 0.773. The number of guanidine groups is 1. The van der Waals surface area contributed by atoms with Gasteiger partial charge in [0.2, 0.25) is 0 Å². The molecule has 8 heteroatoms. The first-order valence-corrected chi connectivity index (χ1v) is 9.77. The Kier molecular flexibility index (Phi) is 10.0. The van der Waals surface area contributed by atoms with Crippen LogP contribution in [0.2, 0.25) is 0 Å². The van der Waals surface area contributed by atoms with Gasteiger partial charge in [0.25, 0.3) is 0 Å². The number of likely N-dealkylation sites (N-methyl/N-ethyl adjacent to an activating group) is 1. The summed E-state index contributed by atoms with van der Waals surface area (Å²) in [5.74, 6) is 2.23. The molecule has 1 aromatic rings. The van der Waals surface area contributed by atoms with Crippen LogP contribution in [0.4, 0.5) is 4.79 Å². The van der Waals surface area contributed by atoms with Crippen LogP contribution in [0.5, 0.6) is 5.75 Å². The van der Waals surface area contributed by atoms with Gasteiger partial charge in [0.05, 0.1) is 7.11 Å². The molecule has 29 heavy (non-hydrogen) atoms. The van der Waals surface area contributed by atoms with Gasteiger partial charge in [-0.25, -0.2) is 4.79 Å². The molecule has 2 rings (SSSR count). The topological polar surface area (TPSA) is 66.4 Å². The quantitative estimate of drug-likeness (QED) is 0.367. The zero-order valence-electron chi connectivity index (χ0n) is 18.4. The minimum Gasteiger partial charge on any atom is -0.497 e. The molecule has 0 bridgehead atoms. The number of carbonyl (C=O) groups is 1. The van der Waals surface area contributed by atoms with Gasteiger partial charge in [0.1, 0.15) is 11.4 Å². The lowest BCUT2D eigenvalue weighted by Crippen LogP contribution is -2.44. The molecule has 0 spiro atoms. The second-order valence-electron chi connectivity index (χ2n) is 8.08. The maximum Gasteiger partial charge on any atom is 0.410 e. The van der Waals surface area contributed by atoms with Gasteiger partial charge >= 0.3 is 6.09 Å². The van der Waals surface area contributed by atoms with Gasteiger partial charge < -0.3 is 24.6 Å². The van der Waals surface area contributed by atoms with E-state index in [-0.39, 0.29) is 30.1 Å². The number of hydrogen-bond acceptors (Lipinski definition) is 4. The van der Waals surface area contributed by atoms with Crippen molar-refractivity contribution in [2.75, 3.05) is 47.4 Å². The molecule has 1 N–H and O–H groups in total. The first kappa shape index (κ1) is 25.3. The Labute approximate surface area is 191 Å². The van der Waals surface area contributed by atoms with Gasteiger partial charge in [-0.1, -0.05) is 12.1 Å². The fraction of sp³-hybridized carbons (Fsp3) is 0.619. The molecule has 1 heterocycles. The molecule has 164 valence electrons. The minimum absolute atomic E-state index is 0. The summed E-state index contributed by atoms with van der Waals surface area (Å²) >= 11 is 0. The van der Waals surface area contributed by atoms with Gasteiger partial charge in [-0.2, -0.15) is 0 Å². The van der Waals surface area contributed by atoms with Crippen LogP contribution in [0, 0.1) is 0 Å². The largest absolute Gasteiger partial charge is 0.497 e. The second kappa shape index (κ2) is 11.5. The van der Waals surface area contributed by atoms with E-state index in [0.717, 1.165) is 31.2 Å². The molecule has 1 atom stereocenters. The number of aliphatic imine (C=N–C) groups is 1. The molecule has 0 saturated carbocycles. The van der Waals surface area contributed by atoms with Crippen LogP contribution >= 0.6 is 24.0 Å². The third-order valence-electron chi connectivity index (χ3n) is 4.72. The zero-order valence-corrected chi connectivity index (χ0v) is 20.7. The highest BCUT2D eigenvalue weighted by Gasteiger charge is 2.26. The van der Waals surface area contributed by atoms with E-state index < -0.39 is 5.60 Å². The van der Waals surface area contributed by atoms with E-state index in [1.807, 2.05) is 32.9 Å². The molecule has 1 aromatic carbocycles. The standard InChI is InChI=1S/C21H34N4O3.HI/c1-21(2,3)28-20(26)24(5)14-12-23-19(22-4)25-13-11-17(15-25)16-7-9-18(27-6)10-8-16;/h7-10,17H,11-15H2,1-6H3,(H,22,23);1H. The van der Waals surface area contributed by atoms with Gasteiger partial charge in [0.15, 0.2) is 5.96 Å². The fourth-order valence-electron chi connectivity index (χ4n) is 3.20. The highest BCUT2D eigenvalue weighted by molar-refractivity contribution is 14.0. The SMILES string of the molecule is CN=C(NCCN(C)C(=O)OC(C)(C)C)N1CCC(c2ccc(OC)cc2)C1.I.